The van der Waals surface area contributed by atoms with Crippen LogP contribution in [0.15, 0.2) is 35.3 Å². The number of hydrogen-bond acceptors (Lipinski definition) is 3. The topological polar surface area (TPSA) is 73.8 Å². The molecule has 1 aromatic carbocycles. The van der Waals surface area contributed by atoms with Gasteiger partial charge in [-0.3, -0.25) is 14.0 Å². The number of hydrogen-bond donors (Lipinski definition) is 2. The number of guanidine groups is 1. The van der Waals surface area contributed by atoms with Crippen LogP contribution in [0.4, 0.5) is 5.69 Å². The molecular formula is C19H30N4O2S. The van der Waals surface area contributed by atoms with Crippen LogP contribution in [0.3, 0.4) is 0 Å². The highest BCUT2D eigenvalue weighted by Gasteiger charge is 2.31. The van der Waals surface area contributed by atoms with Gasteiger partial charge in [0.2, 0.25) is 5.91 Å². The summed E-state index contributed by atoms with van der Waals surface area (Å²) in [4.78, 5) is 18.6. The van der Waals surface area contributed by atoms with Crippen LogP contribution < -0.4 is 15.5 Å². The average Bonchev–Trinajstić information content (AvgIpc) is 2.95. The van der Waals surface area contributed by atoms with E-state index in [0.29, 0.717) is 31.2 Å². The number of carbonyl (C=O) groups is 1. The van der Waals surface area contributed by atoms with Gasteiger partial charge in [-0.2, -0.15) is 0 Å². The smallest absolute Gasteiger partial charge is 0.229 e. The summed E-state index contributed by atoms with van der Waals surface area (Å²) in [5, 5.41) is 6.54. The maximum atomic E-state index is 12.3. The van der Waals surface area contributed by atoms with Crippen molar-refractivity contribution < 1.29 is 9.00 Å². The zero-order valence-corrected chi connectivity index (χ0v) is 16.9. The van der Waals surface area contributed by atoms with Crippen molar-refractivity contribution in [2.75, 3.05) is 30.3 Å². The highest BCUT2D eigenvalue weighted by Crippen LogP contribution is 2.20. The van der Waals surface area contributed by atoms with Crippen molar-refractivity contribution in [3.63, 3.8) is 0 Å². The monoisotopic (exact) mass is 378 g/mol. The lowest BCUT2D eigenvalue weighted by molar-refractivity contribution is -0.117. The van der Waals surface area contributed by atoms with Crippen LogP contribution in [-0.2, 0) is 15.6 Å². The molecule has 1 aliphatic heterocycles. The second-order valence-electron chi connectivity index (χ2n) is 7.31. The van der Waals surface area contributed by atoms with Gasteiger partial charge in [0.05, 0.1) is 12.6 Å². The molecule has 144 valence electrons. The SMILES string of the molecule is CCNC(=NCCS(=O)C(C)(C)C)NC1CC(=O)N(c2ccccc2)C1. The molecule has 0 radical (unpaired) electrons. The number of aliphatic imine (C=N–C) groups is 1. The highest BCUT2D eigenvalue weighted by molar-refractivity contribution is 7.86. The summed E-state index contributed by atoms with van der Waals surface area (Å²) in [6.45, 7) is 9.75. The van der Waals surface area contributed by atoms with Gasteiger partial charge in [-0.1, -0.05) is 18.2 Å². The molecular weight excluding hydrogens is 348 g/mol. The molecule has 0 aliphatic carbocycles. The summed E-state index contributed by atoms with van der Waals surface area (Å²) >= 11 is 0. The number of anilines is 1. The Morgan fingerprint density at radius 1 is 1.31 bits per heavy atom. The van der Waals surface area contributed by atoms with Gasteiger partial charge in [-0.15, -0.1) is 0 Å². The molecule has 1 aromatic rings. The first-order valence-electron chi connectivity index (χ1n) is 9.10. The van der Waals surface area contributed by atoms with Crippen LogP contribution in [0, 0.1) is 0 Å². The standard InChI is InChI=1S/C19H30N4O2S/c1-5-20-18(21-11-12-26(25)19(2,3)4)22-15-13-17(24)23(14-15)16-9-7-6-8-10-16/h6-10,15H,5,11-14H2,1-4H3,(H2,20,21,22). The van der Waals surface area contributed by atoms with Gasteiger partial charge in [-0.05, 0) is 39.8 Å². The molecule has 2 unspecified atom stereocenters. The third-order valence-corrected chi connectivity index (χ3v) is 6.03. The molecule has 6 nitrogen and oxygen atoms in total. The Morgan fingerprint density at radius 2 is 2.00 bits per heavy atom. The third kappa shape index (κ3) is 5.83. The summed E-state index contributed by atoms with van der Waals surface area (Å²) in [7, 11) is -0.923. The lowest BCUT2D eigenvalue weighted by Crippen LogP contribution is -2.44. The molecule has 0 bridgehead atoms. The van der Waals surface area contributed by atoms with Gasteiger partial charge in [-0.25, -0.2) is 0 Å². The molecule has 2 rings (SSSR count). The largest absolute Gasteiger partial charge is 0.357 e. The average molecular weight is 379 g/mol. The van der Waals surface area contributed by atoms with Crippen LogP contribution in [0.25, 0.3) is 0 Å². The van der Waals surface area contributed by atoms with E-state index in [1.165, 1.54) is 0 Å². The van der Waals surface area contributed by atoms with Gasteiger partial charge >= 0.3 is 0 Å². The third-order valence-electron chi connectivity index (χ3n) is 4.11. The van der Waals surface area contributed by atoms with Crippen LogP contribution in [0.5, 0.6) is 0 Å². The fourth-order valence-corrected chi connectivity index (χ4v) is 3.59. The maximum Gasteiger partial charge on any atom is 0.229 e. The molecule has 1 heterocycles. The predicted molar refractivity (Wildman–Crippen MR) is 109 cm³/mol. The molecule has 0 spiro atoms. The lowest BCUT2D eigenvalue weighted by atomic mass is 10.2. The van der Waals surface area contributed by atoms with Crippen molar-refractivity contribution in [3.05, 3.63) is 30.3 Å². The van der Waals surface area contributed by atoms with Crippen LogP contribution in [-0.4, -0.2) is 52.3 Å². The van der Waals surface area contributed by atoms with Crippen molar-refractivity contribution in [2.24, 2.45) is 4.99 Å². The maximum absolute atomic E-state index is 12.3. The van der Waals surface area contributed by atoms with E-state index < -0.39 is 10.8 Å². The molecule has 1 saturated heterocycles. The van der Waals surface area contributed by atoms with Gasteiger partial charge in [0.1, 0.15) is 0 Å². The predicted octanol–water partition coefficient (Wildman–Crippen LogP) is 1.89. The Hall–Kier alpha value is -1.89. The zero-order chi connectivity index (χ0) is 19.2. The summed E-state index contributed by atoms with van der Waals surface area (Å²) in [6, 6.07) is 9.71. The second kappa shape index (κ2) is 9.16. The van der Waals surface area contributed by atoms with E-state index in [1.54, 1.807) is 4.90 Å². The number of para-hydroxylation sites is 1. The lowest BCUT2D eigenvalue weighted by Gasteiger charge is -2.19. The number of benzene rings is 1. The molecule has 7 heteroatoms. The van der Waals surface area contributed by atoms with E-state index in [9.17, 15) is 9.00 Å². The van der Waals surface area contributed by atoms with E-state index in [2.05, 4.69) is 15.6 Å². The van der Waals surface area contributed by atoms with Crippen molar-refractivity contribution >= 4 is 28.4 Å². The Morgan fingerprint density at radius 3 is 2.62 bits per heavy atom. The fraction of sp³-hybridized carbons (Fsp3) is 0.579. The van der Waals surface area contributed by atoms with E-state index in [0.717, 1.165) is 12.2 Å². The summed E-state index contributed by atoms with van der Waals surface area (Å²) in [6.07, 6.45) is 0.438. The molecule has 1 amide bonds. The van der Waals surface area contributed by atoms with E-state index in [1.807, 2.05) is 58.0 Å². The van der Waals surface area contributed by atoms with Crippen LogP contribution in [0.2, 0.25) is 0 Å². The molecule has 26 heavy (non-hydrogen) atoms. The number of amides is 1. The first kappa shape index (κ1) is 20.4. The van der Waals surface area contributed by atoms with Crippen molar-refractivity contribution in [3.8, 4) is 0 Å². The Labute approximate surface area is 158 Å². The summed E-state index contributed by atoms with van der Waals surface area (Å²) < 4.78 is 11.9. The van der Waals surface area contributed by atoms with Gasteiger partial charge < -0.3 is 15.5 Å². The van der Waals surface area contributed by atoms with Crippen molar-refractivity contribution in [1.29, 1.82) is 0 Å². The van der Waals surface area contributed by atoms with Crippen LogP contribution in [0.1, 0.15) is 34.1 Å². The first-order valence-corrected chi connectivity index (χ1v) is 10.4. The Bertz CT molecular complexity index is 655. The van der Waals surface area contributed by atoms with E-state index >= 15 is 0 Å². The molecule has 0 aromatic heterocycles. The normalized spacial score (nSPS) is 19.5. The van der Waals surface area contributed by atoms with Crippen LogP contribution >= 0.6 is 0 Å². The molecule has 2 N–H and O–H groups in total. The minimum atomic E-state index is -0.923. The zero-order valence-electron chi connectivity index (χ0n) is 16.1. The van der Waals surface area contributed by atoms with Crippen molar-refractivity contribution in [2.45, 2.75) is 44.9 Å². The Kier molecular flexibility index (Phi) is 7.20. The second-order valence-corrected chi connectivity index (χ2v) is 9.63. The molecule has 1 aliphatic rings. The highest BCUT2D eigenvalue weighted by atomic mass is 32.2. The van der Waals surface area contributed by atoms with Gasteiger partial charge in [0.25, 0.3) is 0 Å². The molecule has 0 saturated carbocycles. The molecule has 1 fully saturated rings. The van der Waals surface area contributed by atoms with Crippen molar-refractivity contribution in [1.82, 2.24) is 10.6 Å². The van der Waals surface area contributed by atoms with E-state index in [4.69, 9.17) is 0 Å². The summed E-state index contributed by atoms with van der Waals surface area (Å²) in [5.41, 5.74) is 0.921. The number of nitrogens with one attached hydrogen (secondary N) is 2. The summed E-state index contributed by atoms with van der Waals surface area (Å²) in [5.74, 6) is 1.31. The quantitative estimate of drug-likeness (QED) is 0.586. The minimum Gasteiger partial charge on any atom is -0.357 e. The number of rotatable bonds is 6. The first-order chi connectivity index (χ1) is 12.3. The van der Waals surface area contributed by atoms with Gasteiger partial charge in [0.15, 0.2) is 5.96 Å². The van der Waals surface area contributed by atoms with Gasteiger partial charge in [0, 0.05) is 46.5 Å². The number of carbonyl (C=O) groups excluding carboxylic acids is 1. The minimum absolute atomic E-state index is 0.00798. The Balaban J connectivity index is 1.94. The number of nitrogens with zero attached hydrogens (tertiary/aromatic N) is 2. The fourth-order valence-electron chi connectivity index (χ4n) is 2.72. The molecule has 2 atom stereocenters. The van der Waals surface area contributed by atoms with E-state index in [-0.39, 0.29) is 16.7 Å².